The summed E-state index contributed by atoms with van der Waals surface area (Å²) in [5.41, 5.74) is 2.51. The summed E-state index contributed by atoms with van der Waals surface area (Å²) in [4.78, 5) is 22.3. The van der Waals surface area contributed by atoms with E-state index in [2.05, 4.69) is 25.9 Å². The van der Waals surface area contributed by atoms with Gasteiger partial charge in [-0.2, -0.15) is 0 Å². The van der Waals surface area contributed by atoms with Crippen molar-refractivity contribution in [1.29, 1.82) is 0 Å². The van der Waals surface area contributed by atoms with E-state index in [0.29, 0.717) is 36.1 Å². The highest BCUT2D eigenvalue weighted by Gasteiger charge is 2.23. The third-order valence-electron chi connectivity index (χ3n) is 5.98. The summed E-state index contributed by atoms with van der Waals surface area (Å²) in [5.74, 6) is 2.25. The quantitative estimate of drug-likeness (QED) is 0.281. The van der Waals surface area contributed by atoms with Gasteiger partial charge in [0.1, 0.15) is 23.3 Å². The lowest BCUT2D eigenvalue weighted by atomic mass is 10.2. The van der Waals surface area contributed by atoms with Gasteiger partial charge in [0.2, 0.25) is 5.91 Å². The van der Waals surface area contributed by atoms with Crippen LogP contribution in [0.25, 0.3) is 21.1 Å². The third-order valence-corrected chi connectivity index (χ3v) is 7.16. The first-order valence-corrected chi connectivity index (χ1v) is 12.2. The lowest BCUT2D eigenvalue weighted by Crippen LogP contribution is -2.44. The molecular formula is C25H20ClN5O2S. The maximum Gasteiger partial charge on any atom is 0.224 e. The Bertz CT molecular complexity index is 1530. The average molecular weight is 490 g/mol. The molecule has 0 bridgehead atoms. The summed E-state index contributed by atoms with van der Waals surface area (Å²) in [7, 11) is 0. The fourth-order valence-corrected chi connectivity index (χ4v) is 5.13. The molecule has 1 amide bonds. The third kappa shape index (κ3) is 3.85. The summed E-state index contributed by atoms with van der Waals surface area (Å²) in [5, 5.41) is 6.97. The van der Waals surface area contributed by atoms with E-state index in [9.17, 15) is 4.79 Å². The van der Waals surface area contributed by atoms with Crippen molar-refractivity contribution in [3.05, 3.63) is 71.5 Å². The van der Waals surface area contributed by atoms with Crippen molar-refractivity contribution >= 4 is 61.5 Å². The van der Waals surface area contributed by atoms with Crippen molar-refractivity contribution in [3.8, 4) is 11.5 Å². The van der Waals surface area contributed by atoms with E-state index in [1.807, 2.05) is 58.9 Å². The molecule has 0 unspecified atom stereocenters. The molecule has 7 nitrogen and oxygen atoms in total. The predicted octanol–water partition coefficient (Wildman–Crippen LogP) is 6.07. The van der Waals surface area contributed by atoms with E-state index in [-0.39, 0.29) is 5.91 Å². The number of hydrogen-bond acceptors (Lipinski definition) is 6. The standard InChI is InChI=1S/C25H20ClN5O2S/c26-18-14-16(4-5-21(18)33-20-2-1-3-22-17(20)8-13-34-22)29-25-24-19(27-15-28-25)6-9-31(24)12-11-30-10-7-23(30)32/h1-6,8-9,13-15H,7,10-12H2,(H,27,28,29). The van der Waals surface area contributed by atoms with Crippen molar-refractivity contribution in [2.45, 2.75) is 13.0 Å². The zero-order chi connectivity index (χ0) is 23.1. The number of anilines is 2. The van der Waals surface area contributed by atoms with Crippen molar-refractivity contribution in [2.24, 2.45) is 0 Å². The maximum absolute atomic E-state index is 11.6. The minimum atomic E-state index is 0.207. The van der Waals surface area contributed by atoms with Gasteiger partial charge in [-0.25, -0.2) is 9.97 Å². The molecule has 1 aliphatic heterocycles. The van der Waals surface area contributed by atoms with Gasteiger partial charge in [0.05, 0.1) is 10.5 Å². The molecule has 3 aromatic heterocycles. The molecule has 34 heavy (non-hydrogen) atoms. The monoisotopic (exact) mass is 489 g/mol. The Hall–Kier alpha value is -3.62. The number of ether oxygens (including phenoxy) is 1. The summed E-state index contributed by atoms with van der Waals surface area (Å²) >= 11 is 8.26. The number of carbonyl (C=O) groups is 1. The van der Waals surface area contributed by atoms with Gasteiger partial charge < -0.3 is 19.5 Å². The zero-order valence-electron chi connectivity index (χ0n) is 18.1. The number of nitrogens with zero attached hydrogens (tertiary/aromatic N) is 4. The van der Waals surface area contributed by atoms with Crippen molar-refractivity contribution in [1.82, 2.24) is 19.4 Å². The number of hydrogen-bond donors (Lipinski definition) is 1. The number of benzene rings is 2. The molecule has 170 valence electrons. The lowest BCUT2D eigenvalue weighted by molar-refractivity contribution is -0.139. The molecular weight excluding hydrogens is 470 g/mol. The molecule has 0 saturated carbocycles. The molecule has 5 aromatic rings. The first-order valence-electron chi connectivity index (χ1n) is 10.9. The molecule has 1 aliphatic rings. The molecule has 9 heteroatoms. The molecule has 1 fully saturated rings. The topological polar surface area (TPSA) is 72.3 Å². The fraction of sp³-hybridized carbons (Fsp3) is 0.160. The number of carbonyl (C=O) groups excluding carboxylic acids is 1. The number of β-lactam (4-membered cyclic amide) rings is 1. The molecule has 0 radical (unpaired) electrons. The van der Waals surface area contributed by atoms with Gasteiger partial charge in [-0.15, -0.1) is 11.3 Å². The number of amides is 1. The van der Waals surface area contributed by atoms with E-state index in [1.54, 1.807) is 11.3 Å². The molecule has 2 aromatic carbocycles. The van der Waals surface area contributed by atoms with Gasteiger partial charge in [-0.1, -0.05) is 17.7 Å². The highest BCUT2D eigenvalue weighted by Crippen LogP contribution is 2.37. The van der Waals surface area contributed by atoms with Crippen LogP contribution in [0.15, 0.2) is 66.4 Å². The normalized spacial score (nSPS) is 13.4. The van der Waals surface area contributed by atoms with Crippen LogP contribution >= 0.6 is 22.9 Å². The van der Waals surface area contributed by atoms with Gasteiger partial charge in [0.15, 0.2) is 5.82 Å². The highest BCUT2D eigenvalue weighted by molar-refractivity contribution is 7.17. The van der Waals surface area contributed by atoms with Crippen LogP contribution in [0.2, 0.25) is 5.02 Å². The molecule has 6 rings (SSSR count). The zero-order valence-corrected chi connectivity index (χ0v) is 19.6. The second-order valence-corrected chi connectivity index (χ2v) is 9.41. The van der Waals surface area contributed by atoms with E-state index in [4.69, 9.17) is 16.3 Å². The van der Waals surface area contributed by atoms with E-state index < -0.39 is 0 Å². The summed E-state index contributed by atoms with van der Waals surface area (Å²) < 4.78 is 9.37. The van der Waals surface area contributed by atoms with Crippen LogP contribution in [0, 0.1) is 0 Å². The van der Waals surface area contributed by atoms with Crippen LogP contribution in [0.3, 0.4) is 0 Å². The molecule has 1 N–H and O–H groups in total. The number of rotatable bonds is 7. The van der Waals surface area contributed by atoms with Crippen molar-refractivity contribution in [2.75, 3.05) is 18.4 Å². The number of fused-ring (bicyclic) bond motifs is 2. The molecule has 4 heterocycles. The Balaban J connectivity index is 1.24. The Morgan fingerprint density at radius 1 is 1.09 bits per heavy atom. The van der Waals surface area contributed by atoms with Crippen LogP contribution in [-0.2, 0) is 11.3 Å². The van der Waals surface area contributed by atoms with Gasteiger partial charge in [0, 0.05) is 48.0 Å². The largest absolute Gasteiger partial charge is 0.455 e. The van der Waals surface area contributed by atoms with E-state index in [0.717, 1.165) is 34.4 Å². The van der Waals surface area contributed by atoms with Crippen molar-refractivity contribution in [3.63, 3.8) is 0 Å². The second-order valence-electron chi connectivity index (χ2n) is 8.06. The number of aromatic nitrogens is 3. The van der Waals surface area contributed by atoms with Crippen LogP contribution in [0.5, 0.6) is 11.5 Å². The SMILES string of the molecule is O=C1CCN1CCn1ccc2ncnc(Nc3ccc(Oc4cccc5sccc45)c(Cl)c3)c21. The van der Waals surface area contributed by atoms with Gasteiger partial charge in [-0.05, 0) is 47.8 Å². The summed E-state index contributed by atoms with van der Waals surface area (Å²) in [6, 6.07) is 15.6. The molecule has 0 atom stereocenters. The van der Waals surface area contributed by atoms with Crippen molar-refractivity contribution < 1.29 is 9.53 Å². The Kier molecular flexibility index (Phi) is 5.31. The maximum atomic E-state index is 11.6. The van der Waals surface area contributed by atoms with Crippen LogP contribution in [0.4, 0.5) is 11.5 Å². The van der Waals surface area contributed by atoms with Gasteiger partial charge >= 0.3 is 0 Å². The number of nitrogens with one attached hydrogen (secondary N) is 1. The molecule has 1 saturated heterocycles. The molecule has 0 aliphatic carbocycles. The summed E-state index contributed by atoms with van der Waals surface area (Å²) in [6.07, 6.45) is 4.16. The second kappa shape index (κ2) is 8.62. The fourth-order valence-electron chi connectivity index (χ4n) is 4.11. The minimum absolute atomic E-state index is 0.207. The van der Waals surface area contributed by atoms with Crippen LogP contribution in [0.1, 0.15) is 6.42 Å². The average Bonchev–Trinajstić information content (AvgIpc) is 3.48. The predicted molar refractivity (Wildman–Crippen MR) is 135 cm³/mol. The van der Waals surface area contributed by atoms with E-state index in [1.165, 1.54) is 11.0 Å². The van der Waals surface area contributed by atoms with Crippen LogP contribution in [-0.4, -0.2) is 38.4 Å². The first-order chi connectivity index (χ1) is 16.7. The van der Waals surface area contributed by atoms with Gasteiger partial charge in [0.25, 0.3) is 0 Å². The summed E-state index contributed by atoms with van der Waals surface area (Å²) in [6.45, 7) is 2.18. The Morgan fingerprint density at radius 3 is 2.85 bits per heavy atom. The number of thiophene rings is 1. The highest BCUT2D eigenvalue weighted by atomic mass is 35.5. The van der Waals surface area contributed by atoms with Crippen LogP contribution < -0.4 is 10.1 Å². The number of likely N-dealkylation sites (tertiary alicyclic amines) is 1. The Labute approximate surface area is 204 Å². The molecule has 0 spiro atoms. The van der Waals surface area contributed by atoms with E-state index >= 15 is 0 Å². The Morgan fingerprint density at radius 2 is 2.03 bits per heavy atom. The number of halogens is 1. The van der Waals surface area contributed by atoms with Gasteiger partial charge in [-0.3, -0.25) is 4.79 Å². The minimum Gasteiger partial charge on any atom is -0.455 e. The lowest BCUT2D eigenvalue weighted by Gasteiger charge is -2.30. The first kappa shape index (κ1) is 20.9. The smallest absolute Gasteiger partial charge is 0.224 e.